The van der Waals surface area contributed by atoms with Gasteiger partial charge in [-0.05, 0) is 12.0 Å². The summed E-state index contributed by atoms with van der Waals surface area (Å²) >= 11 is 0. The summed E-state index contributed by atoms with van der Waals surface area (Å²) in [6.07, 6.45) is 0.641. The second-order valence-corrected chi connectivity index (χ2v) is 6.58. The van der Waals surface area contributed by atoms with E-state index in [0.717, 1.165) is 5.56 Å². The second-order valence-electron chi connectivity index (χ2n) is 6.58. The van der Waals surface area contributed by atoms with E-state index < -0.39 is 37.0 Å². The van der Waals surface area contributed by atoms with E-state index >= 15 is 0 Å². The van der Waals surface area contributed by atoms with Gasteiger partial charge in [0.1, 0.15) is 6.61 Å². The molecule has 0 fully saturated rings. The highest BCUT2D eigenvalue weighted by molar-refractivity contribution is 5.74. The lowest BCUT2D eigenvalue weighted by Crippen LogP contribution is -2.43. The highest BCUT2D eigenvalue weighted by Crippen LogP contribution is 2.02. The van der Waals surface area contributed by atoms with Gasteiger partial charge >= 0.3 is 23.9 Å². The first-order chi connectivity index (χ1) is 14.3. The molecule has 0 amide bonds. The summed E-state index contributed by atoms with van der Waals surface area (Å²) < 4.78 is 10.1. The van der Waals surface area contributed by atoms with E-state index in [1.54, 1.807) is 12.1 Å². The molecule has 0 radical (unpaired) electrons. The summed E-state index contributed by atoms with van der Waals surface area (Å²) in [6.45, 7) is 0.887. The van der Waals surface area contributed by atoms with Crippen molar-refractivity contribution < 1.29 is 38.9 Å². The Morgan fingerprint density at radius 3 is 1.77 bits per heavy atom. The van der Waals surface area contributed by atoms with Gasteiger partial charge in [-0.3, -0.25) is 29.0 Å². The molecule has 0 heterocycles. The van der Waals surface area contributed by atoms with Crippen molar-refractivity contribution in [3.05, 3.63) is 35.9 Å². The number of benzene rings is 1. The molecule has 0 spiro atoms. The minimum absolute atomic E-state index is 0.0566. The number of hydrogen-bond donors (Lipinski definition) is 2. The monoisotopic (exact) mass is 424 g/mol. The lowest BCUT2D eigenvalue weighted by Gasteiger charge is -2.24. The number of ether oxygens (including phenoxy) is 2. The zero-order valence-electron chi connectivity index (χ0n) is 17.0. The Morgan fingerprint density at radius 2 is 1.30 bits per heavy atom. The van der Waals surface area contributed by atoms with Crippen LogP contribution in [-0.4, -0.2) is 89.8 Å². The standard InChI is InChI=1S/C20H28N2O8/c1-2-10-29-19(27)13-21(11-17(23)24)8-9-22(12-18(25)26)14-20(28)30-15-16-6-4-3-5-7-16/h3-7H,2,8-15H2,1H3,(H,23,24)(H,25,26). The minimum atomic E-state index is -1.14. The molecule has 10 heteroatoms. The molecule has 2 N–H and O–H groups in total. The van der Waals surface area contributed by atoms with Gasteiger partial charge in [0.05, 0.1) is 32.8 Å². The lowest BCUT2D eigenvalue weighted by molar-refractivity contribution is -0.150. The molecule has 30 heavy (non-hydrogen) atoms. The van der Waals surface area contributed by atoms with Crippen LogP contribution >= 0.6 is 0 Å². The van der Waals surface area contributed by atoms with E-state index in [-0.39, 0.29) is 39.4 Å². The largest absolute Gasteiger partial charge is 0.480 e. The van der Waals surface area contributed by atoms with Crippen LogP contribution in [0.15, 0.2) is 30.3 Å². The van der Waals surface area contributed by atoms with Crippen LogP contribution in [-0.2, 0) is 35.3 Å². The van der Waals surface area contributed by atoms with Crippen molar-refractivity contribution in [2.45, 2.75) is 20.0 Å². The Balaban J connectivity index is 2.60. The third-order valence-electron chi connectivity index (χ3n) is 3.87. The molecule has 0 unspecified atom stereocenters. The Labute approximate surface area is 175 Å². The van der Waals surface area contributed by atoms with Crippen molar-refractivity contribution in [1.82, 2.24) is 9.80 Å². The summed E-state index contributed by atoms with van der Waals surface area (Å²) in [5.41, 5.74) is 0.800. The molecule has 0 bridgehead atoms. The van der Waals surface area contributed by atoms with Crippen molar-refractivity contribution in [3.8, 4) is 0 Å². The Hall–Kier alpha value is -2.98. The summed E-state index contributed by atoms with van der Waals surface area (Å²) in [7, 11) is 0. The number of hydrogen-bond acceptors (Lipinski definition) is 8. The van der Waals surface area contributed by atoms with Crippen molar-refractivity contribution in [3.63, 3.8) is 0 Å². The average Bonchev–Trinajstić information content (AvgIpc) is 2.68. The number of esters is 2. The van der Waals surface area contributed by atoms with Crippen LogP contribution in [0.3, 0.4) is 0 Å². The molecule has 1 rings (SSSR count). The Bertz CT molecular complexity index is 695. The van der Waals surface area contributed by atoms with E-state index in [0.29, 0.717) is 6.42 Å². The lowest BCUT2D eigenvalue weighted by atomic mass is 10.2. The number of carboxylic acid groups (broad SMARTS) is 2. The maximum atomic E-state index is 12.1. The average molecular weight is 424 g/mol. The maximum absolute atomic E-state index is 12.1. The van der Waals surface area contributed by atoms with Crippen LogP contribution < -0.4 is 0 Å². The SMILES string of the molecule is CCCOC(=O)CN(CCN(CC(=O)O)CC(=O)OCc1ccccc1)CC(=O)O. The molecule has 0 aliphatic rings. The van der Waals surface area contributed by atoms with Crippen LogP contribution in [0, 0.1) is 0 Å². The summed E-state index contributed by atoms with van der Waals surface area (Å²) in [6, 6.07) is 9.04. The van der Waals surface area contributed by atoms with Gasteiger partial charge < -0.3 is 19.7 Å². The second kappa shape index (κ2) is 14.1. The van der Waals surface area contributed by atoms with Gasteiger partial charge in [0.25, 0.3) is 0 Å². The van der Waals surface area contributed by atoms with E-state index in [4.69, 9.17) is 19.7 Å². The van der Waals surface area contributed by atoms with Gasteiger partial charge in [-0.15, -0.1) is 0 Å². The first-order valence-electron chi connectivity index (χ1n) is 9.53. The van der Waals surface area contributed by atoms with Crippen LogP contribution in [0.5, 0.6) is 0 Å². The fourth-order valence-corrected chi connectivity index (χ4v) is 2.50. The molecular weight excluding hydrogens is 396 g/mol. The zero-order chi connectivity index (χ0) is 22.4. The summed E-state index contributed by atoms with van der Waals surface area (Å²) in [5.74, 6) is -3.44. The van der Waals surface area contributed by atoms with E-state index in [2.05, 4.69) is 0 Å². The van der Waals surface area contributed by atoms with E-state index in [1.165, 1.54) is 9.80 Å². The Morgan fingerprint density at radius 1 is 0.800 bits per heavy atom. The van der Waals surface area contributed by atoms with Gasteiger partial charge in [0.15, 0.2) is 0 Å². The van der Waals surface area contributed by atoms with Crippen molar-refractivity contribution in [2.75, 3.05) is 45.9 Å². The van der Waals surface area contributed by atoms with Crippen LogP contribution in [0.4, 0.5) is 0 Å². The molecule has 0 saturated heterocycles. The quantitative estimate of drug-likeness (QED) is 0.382. The topological polar surface area (TPSA) is 134 Å². The minimum Gasteiger partial charge on any atom is -0.480 e. The van der Waals surface area contributed by atoms with Crippen LogP contribution in [0.2, 0.25) is 0 Å². The maximum Gasteiger partial charge on any atom is 0.320 e. The number of carbonyl (C=O) groups is 4. The molecule has 0 aliphatic heterocycles. The van der Waals surface area contributed by atoms with E-state index in [9.17, 15) is 19.2 Å². The molecule has 0 saturated carbocycles. The fourth-order valence-electron chi connectivity index (χ4n) is 2.50. The zero-order valence-corrected chi connectivity index (χ0v) is 17.0. The fraction of sp³-hybridized carbons (Fsp3) is 0.500. The Kier molecular flexibility index (Phi) is 11.8. The highest BCUT2D eigenvalue weighted by atomic mass is 16.5. The predicted octanol–water partition coefficient (Wildman–Crippen LogP) is 0.456. The molecule has 10 nitrogen and oxygen atoms in total. The number of carboxylic acids is 2. The predicted molar refractivity (Wildman–Crippen MR) is 106 cm³/mol. The van der Waals surface area contributed by atoms with Gasteiger partial charge in [0.2, 0.25) is 0 Å². The first kappa shape index (κ1) is 25.1. The van der Waals surface area contributed by atoms with Gasteiger partial charge in [-0.2, -0.15) is 0 Å². The van der Waals surface area contributed by atoms with E-state index in [1.807, 2.05) is 25.1 Å². The summed E-state index contributed by atoms with van der Waals surface area (Å²) in [4.78, 5) is 48.7. The smallest absolute Gasteiger partial charge is 0.320 e. The molecule has 0 aromatic heterocycles. The van der Waals surface area contributed by atoms with Crippen molar-refractivity contribution >= 4 is 23.9 Å². The van der Waals surface area contributed by atoms with Crippen LogP contribution in [0.1, 0.15) is 18.9 Å². The van der Waals surface area contributed by atoms with Gasteiger partial charge in [-0.1, -0.05) is 37.3 Å². The van der Waals surface area contributed by atoms with Crippen LogP contribution in [0.25, 0.3) is 0 Å². The normalized spacial score (nSPS) is 10.8. The number of carbonyl (C=O) groups excluding carboxylic acids is 2. The molecule has 0 atom stereocenters. The van der Waals surface area contributed by atoms with Gasteiger partial charge in [0, 0.05) is 13.1 Å². The summed E-state index contributed by atoms with van der Waals surface area (Å²) in [5, 5.41) is 18.1. The number of aliphatic carboxylic acids is 2. The number of nitrogens with zero attached hydrogens (tertiary/aromatic N) is 2. The third-order valence-corrected chi connectivity index (χ3v) is 3.87. The molecule has 1 aromatic carbocycles. The van der Waals surface area contributed by atoms with Gasteiger partial charge in [-0.25, -0.2) is 0 Å². The highest BCUT2D eigenvalue weighted by Gasteiger charge is 2.19. The van der Waals surface area contributed by atoms with Crippen molar-refractivity contribution in [2.24, 2.45) is 0 Å². The van der Waals surface area contributed by atoms with Crippen molar-refractivity contribution in [1.29, 1.82) is 0 Å². The first-order valence-corrected chi connectivity index (χ1v) is 9.53. The molecular formula is C20H28N2O8. The molecule has 0 aliphatic carbocycles. The number of rotatable bonds is 15. The molecule has 1 aromatic rings. The third kappa shape index (κ3) is 11.8. The molecule has 166 valence electrons.